The average Bonchev–Trinajstić information content (AvgIpc) is 2.78. The second-order valence-corrected chi connectivity index (χ2v) is 6.20. The SMILES string of the molecule is COC1CC2CSC(N)=NC2(c2ccccc2F)C1. The van der Waals surface area contributed by atoms with Crippen LogP contribution >= 0.6 is 11.8 Å². The summed E-state index contributed by atoms with van der Waals surface area (Å²) in [6, 6.07) is 6.89. The highest BCUT2D eigenvalue weighted by Gasteiger charge is 2.51. The van der Waals surface area contributed by atoms with Crippen molar-refractivity contribution in [1.29, 1.82) is 0 Å². The van der Waals surface area contributed by atoms with E-state index in [9.17, 15) is 4.39 Å². The maximum Gasteiger partial charge on any atom is 0.154 e. The number of ether oxygens (including phenoxy) is 1. The second-order valence-electron chi connectivity index (χ2n) is 5.16. The highest BCUT2D eigenvalue weighted by molar-refractivity contribution is 8.13. The van der Waals surface area contributed by atoms with Gasteiger partial charge in [-0.1, -0.05) is 30.0 Å². The Balaban J connectivity index is 2.11. The Morgan fingerprint density at radius 3 is 3.00 bits per heavy atom. The Kier molecular flexibility index (Phi) is 3.27. The highest BCUT2D eigenvalue weighted by Crippen LogP contribution is 2.51. The summed E-state index contributed by atoms with van der Waals surface area (Å²) in [5, 5.41) is 0.552. The van der Waals surface area contributed by atoms with Crippen molar-refractivity contribution in [3.63, 3.8) is 0 Å². The zero-order chi connectivity index (χ0) is 13.5. The molecule has 0 radical (unpaired) electrons. The molecule has 3 nitrogen and oxygen atoms in total. The van der Waals surface area contributed by atoms with Gasteiger partial charge in [0, 0.05) is 30.8 Å². The maximum atomic E-state index is 14.2. The van der Waals surface area contributed by atoms with E-state index in [4.69, 9.17) is 10.5 Å². The molecule has 0 aromatic heterocycles. The van der Waals surface area contributed by atoms with Crippen LogP contribution in [0.1, 0.15) is 18.4 Å². The predicted molar refractivity (Wildman–Crippen MR) is 75.7 cm³/mol. The van der Waals surface area contributed by atoms with Crippen molar-refractivity contribution in [3.8, 4) is 0 Å². The zero-order valence-electron chi connectivity index (χ0n) is 10.8. The molecule has 1 heterocycles. The number of nitrogens with two attached hydrogens (primary N) is 1. The first-order valence-corrected chi connectivity index (χ1v) is 7.40. The number of amidine groups is 1. The number of fused-ring (bicyclic) bond motifs is 1. The van der Waals surface area contributed by atoms with Gasteiger partial charge in [0.1, 0.15) is 5.82 Å². The number of hydrogen-bond donors (Lipinski definition) is 1. The quantitative estimate of drug-likeness (QED) is 0.905. The van der Waals surface area contributed by atoms with Crippen molar-refractivity contribution in [3.05, 3.63) is 35.6 Å². The first-order valence-electron chi connectivity index (χ1n) is 6.41. The van der Waals surface area contributed by atoms with Crippen molar-refractivity contribution in [2.75, 3.05) is 12.9 Å². The van der Waals surface area contributed by atoms with Gasteiger partial charge in [0.2, 0.25) is 0 Å². The molecule has 3 atom stereocenters. The molecule has 19 heavy (non-hydrogen) atoms. The zero-order valence-corrected chi connectivity index (χ0v) is 11.6. The van der Waals surface area contributed by atoms with Crippen LogP contribution in [0.15, 0.2) is 29.3 Å². The lowest BCUT2D eigenvalue weighted by Gasteiger charge is -2.35. The van der Waals surface area contributed by atoms with E-state index in [-0.39, 0.29) is 17.8 Å². The van der Waals surface area contributed by atoms with Gasteiger partial charge in [0.05, 0.1) is 11.6 Å². The summed E-state index contributed by atoms with van der Waals surface area (Å²) >= 11 is 1.56. The monoisotopic (exact) mass is 280 g/mol. The fraction of sp³-hybridized carbons (Fsp3) is 0.500. The summed E-state index contributed by atoms with van der Waals surface area (Å²) in [6.07, 6.45) is 1.74. The third-order valence-electron chi connectivity index (χ3n) is 4.18. The van der Waals surface area contributed by atoms with Crippen LogP contribution in [-0.4, -0.2) is 24.1 Å². The van der Waals surface area contributed by atoms with Crippen molar-refractivity contribution < 1.29 is 9.13 Å². The van der Waals surface area contributed by atoms with Gasteiger partial charge in [-0.15, -0.1) is 0 Å². The molecular formula is C14H17FN2OS. The van der Waals surface area contributed by atoms with Gasteiger partial charge in [-0.2, -0.15) is 0 Å². The number of thioether (sulfide) groups is 1. The van der Waals surface area contributed by atoms with Gasteiger partial charge in [0.25, 0.3) is 0 Å². The molecule has 1 fully saturated rings. The van der Waals surface area contributed by atoms with E-state index in [2.05, 4.69) is 4.99 Å². The number of methoxy groups -OCH3 is 1. The van der Waals surface area contributed by atoms with E-state index in [1.165, 1.54) is 6.07 Å². The van der Waals surface area contributed by atoms with E-state index in [1.807, 2.05) is 12.1 Å². The summed E-state index contributed by atoms with van der Waals surface area (Å²) in [5.74, 6) is 0.961. The van der Waals surface area contributed by atoms with Crippen molar-refractivity contribution in [2.45, 2.75) is 24.5 Å². The van der Waals surface area contributed by atoms with Crippen molar-refractivity contribution in [1.82, 2.24) is 0 Å². The Labute approximate surface area is 116 Å². The molecule has 2 aliphatic rings. The number of hydrogen-bond acceptors (Lipinski definition) is 4. The van der Waals surface area contributed by atoms with E-state index in [0.717, 1.165) is 12.2 Å². The lowest BCUT2D eigenvalue weighted by Crippen LogP contribution is -2.37. The average molecular weight is 280 g/mol. The van der Waals surface area contributed by atoms with Crippen LogP contribution in [0.2, 0.25) is 0 Å². The standard InChI is InChI=1S/C14H17FN2OS/c1-18-10-6-9-8-19-13(16)17-14(9,7-10)11-4-2-3-5-12(11)15/h2-5,9-10H,6-8H2,1H3,(H2,16,17). The fourth-order valence-corrected chi connectivity index (χ4v) is 4.26. The van der Waals surface area contributed by atoms with Gasteiger partial charge in [-0.3, -0.25) is 4.99 Å². The van der Waals surface area contributed by atoms with Crippen LogP contribution in [0.5, 0.6) is 0 Å². The summed E-state index contributed by atoms with van der Waals surface area (Å²) in [7, 11) is 1.71. The van der Waals surface area contributed by atoms with Gasteiger partial charge in [0.15, 0.2) is 5.17 Å². The minimum absolute atomic E-state index is 0.125. The first-order chi connectivity index (χ1) is 9.15. The van der Waals surface area contributed by atoms with Crippen LogP contribution < -0.4 is 5.73 Å². The lowest BCUT2D eigenvalue weighted by molar-refractivity contribution is 0.102. The summed E-state index contributed by atoms with van der Waals surface area (Å²) in [5.41, 5.74) is 6.01. The molecule has 5 heteroatoms. The lowest BCUT2D eigenvalue weighted by atomic mass is 9.81. The molecule has 0 amide bonds. The van der Waals surface area contributed by atoms with E-state index in [1.54, 1.807) is 24.9 Å². The molecule has 3 unspecified atom stereocenters. The molecule has 0 bridgehead atoms. The fourth-order valence-electron chi connectivity index (χ4n) is 3.25. The largest absolute Gasteiger partial charge is 0.381 e. The van der Waals surface area contributed by atoms with Crippen LogP contribution in [-0.2, 0) is 10.3 Å². The van der Waals surface area contributed by atoms with Crippen LogP contribution in [0, 0.1) is 11.7 Å². The summed E-state index contributed by atoms with van der Waals surface area (Å²) in [6.45, 7) is 0. The molecule has 1 aromatic carbocycles. The van der Waals surface area contributed by atoms with Crippen LogP contribution in [0.3, 0.4) is 0 Å². The Morgan fingerprint density at radius 2 is 2.26 bits per heavy atom. The van der Waals surface area contributed by atoms with Gasteiger partial charge in [-0.25, -0.2) is 4.39 Å². The Morgan fingerprint density at radius 1 is 1.47 bits per heavy atom. The van der Waals surface area contributed by atoms with E-state index < -0.39 is 5.54 Å². The van der Waals surface area contributed by atoms with Crippen molar-refractivity contribution >= 4 is 16.9 Å². The molecule has 1 saturated carbocycles. The molecule has 0 spiro atoms. The minimum Gasteiger partial charge on any atom is -0.381 e. The number of aliphatic imine (C=N–C) groups is 1. The van der Waals surface area contributed by atoms with Gasteiger partial charge in [-0.05, 0) is 12.5 Å². The third-order valence-corrected chi connectivity index (χ3v) is 5.13. The summed E-state index contributed by atoms with van der Waals surface area (Å²) in [4.78, 5) is 4.64. The number of halogens is 1. The van der Waals surface area contributed by atoms with Crippen LogP contribution in [0.25, 0.3) is 0 Å². The second kappa shape index (κ2) is 4.80. The molecule has 1 aliphatic carbocycles. The number of rotatable bonds is 2. The number of nitrogens with zero attached hydrogens (tertiary/aromatic N) is 1. The Bertz CT molecular complexity index is 522. The smallest absolute Gasteiger partial charge is 0.154 e. The molecule has 0 saturated heterocycles. The topological polar surface area (TPSA) is 47.6 Å². The minimum atomic E-state index is -0.540. The molecule has 3 rings (SSSR count). The van der Waals surface area contributed by atoms with Crippen molar-refractivity contribution in [2.24, 2.45) is 16.6 Å². The maximum absolute atomic E-state index is 14.2. The predicted octanol–water partition coefficient (Wildman–Crippen LogP) is 2.51. The molecule has 1 aliphatic heterocycles. The first kappa shape index (κ1) is 12.9. The van der Waals surface area contributed by atoms with Crippen LogP contribution in [0.4, 0.5) is 4.39 Å². The van der Waals surface area contributed by atoms with Gasteiger partial charge >= 0.3 is 0 Å². The highest BCUT2D eigenvalue weighted by atomic mass is 32.2. The summed E-state index contributed by atoms with van der Waals surface area (Å²) < 4.78 is 19.7. The van der Waals surface area contributed by atoms with E-state index in [0.29, 0.717) is 17.2 Å². The Hall–Kier alpha value is -1.07. The molecule has 2 N–H and O–H groups in total. The molecular weight excluding hydrogens is 263 g/mol. The molecule has 102 valence electrons. The third kappa shape index (κ3) is 2.05. The van der Waals surface area contributed by atoms with E-state index >= 15 is 0 Å². The number of benzene rings is 1. The van der Waals surface area contributed by atoms with Gasteiger partial charge < -0.3 is 10.5 Å². The molecule has 1 aromatic rings. The normalized spacial score (nSPS) is 33.9.